The van der Waals surface area contributed by atoms with Gasteiger partial charge in [0.1, 0.15) is 16.8 Å². The number of aliphatic carboxylic acids is 1. The topological polar surface area (TPSA) is 49.8 Å². The number of rotatable bonds is 4. The third-order valence-corrected chi connectivity index (χ3v) is 3.96. The SMILES string of the molecule is O=C(O)C1CCN1C(=S)c1ccc(OCC(F)(F)F)c(C(F)(F)F)c1. The summed E-state index contributed by atoms with van der Waals surface area (Å²) in [6.45, 7) is -1.60. The summed E-state index contributed by atoms with van der Waals surface area (Å²) >= 11 is 5.01. The first kappa shape index (κ1) is 19.3. The van der Waals surface area contributed by atoms with E-state index in [4.69, 9.17) is 17.3 Å². The molecule has 1 N–H and O–H groups in total. The highest BCUT2D eigenvalue weighted by Crippen LogP contribution is 2.38. The molecule has 2 rings (SSSR count). The van der Waals surface area contributed by atoms with Gasteiger partial charge in [0.05, 0.1) is 5.56 Å². The summed E-state index contributed by atoms with van der Waals surface area (Å²) in [5.41, 5.74) is -1.53. The van der Waals surface area contributed by atoms with Crippen LogP contribution < -0.4 is 4.74 Å². The lowest BCUT2D eigenvalue weighted by atomic mass is 10.0. The van der Waals surface area contributed by atoms with E-state index in [-0.39, 0.29) is 17.1 Å². The number of hydrogen-bond donors (Lipinski definition) is 1. The van der Waals surface area contributed by atoms with E-state index in [9.17, 15) is 31.1 Å². The standard InChI is InChI=1S/C14H11F6NO3S/c15-13(16,17)6-24-10-2-1-7(5-8(10)14(18,19)20)11(25)21-4-3-9(21)12(22)23/h1-2,5,9H,3-4,6H2,(H,22,23). The van der Waals surface area contributed by atoms with Crippen molar-refractivity contribution < 1.29 is 41.0 Å². The number of ether oxygens (including phenoxy) is 1. The van der Waals surface area contributed by atoms with Crippen LogP contribution in [0.1, 0.15) is 17.5 Å². The zero-order valence-electron chi connectivity index (χ0n) is 12.3. The van der Waals surface area contributed by atoms with Crippen LogP contribution in [0, 0.1) is 0 Å². The summed E-state index contributed by atoms with van der Waals surface area (Å²) < 4.78 is 80.0. The first-order chi connectivity index (χ1) is 11.4. The van der Waals surface area contributed by atoms with Gasteiger partial charge in [0.15, 0.2) is 6.61 Å². The van der Waals surface area contributed by atoms with Gasteiger partial charge in [0.25, 0.3) is 0 Å². The molecule has 1 heterocycles. The molecule has 138 valence electrons. The number of alkyl halides is 6. The molecule has 0 saturated carbocycles. The number of hydrogen-bond acceptors (Lipinski definition) is 3. The summed E-state index contributed by atoms with van der Waals surface area (Å²) in [7, 11) is 0. The molecule has 1 aromatic carbocycles. The Labute approximate surface area is 143 Å². The Hall–Kier alpha value is -2.04. The van der Waals surface area contributed by atoms with Gasteiger partial charge >= 0.3 is 18.3 Å². The fourth-order valence-electron chi connectivity index (χ4n) is 2.22. The zero-order chi connectivity index (χ0) is 19.0. The van der Waals surface area contributed by atoms with Crippen molar-refractivity contribution in [1.29, 1.82) is 0 Å². The number of halogens is 6. The highest BCUT2D eigenvalue weighted by molar-refractivity contribution is 7.80. The molecule has 25 heavy (non-hydrogen) atoms. The lowest BCUT2D eigenvalue weighted by Gasteiger charge is -2.40. The average molecular weight is 387 g/mol. The van der Waals surface area contributed by atoms with Gasteiger partial charge in [-0.2, -0.15) is 26.3 Å². The van der Waals surface area contributed by atoms with E-state index < -0.39 is 42.3 Å². The fourth-order valence-corrected chi connectivity index (χ4v) is 2.57. The first-order valence-corrected chi connectivity index (χ1v) is 7.25. The Bertz CT molecular complexity index is 688. The van der Waals surface area contributed by atoms with Gasteiger partial charge in [-0.05, 0) is 24.6 Å². The maximum absolute atomic E-state index is 13.1. The van der Waals surface area contributed by atoms with Crippen LogP contribution in [-0.4, -0.2) is 46.3 Å². The molecule has 0 bridgehead atoms. The molecule has 1 aromatic rings. The minimum Gasteiger partial charge on any atom is -0.483 e. The number of carboxylic acids is 1. The molecule has 0 amide bonds. The molecule has 1 aliphatic heterocycles. The smallest absolute Gasteiger partial charge is 0.422 e. The van der Waals surface area contributed by atoms with Gasteiger partial charge in [-0.15, -0.1) is 0 Å². The van der Waals surface area contributed by atoms with Crippen LogP contribution in [0.3, 0.4) is 0 Å². The van der Waals surface area contributed by atoms with Crippen LogP contribution in [0.5, 0.6) is 5.75 Å². The summed E-state index contributed by atoms with van der Waals surface area (Å²) in [5.74, 6) is -2.13. The predicted molar refractivity (Wildman–Crippen MR) is 77.4 cm³/mol. The summed E-state index contributed by atoms with van der Waals surface area (Å²) in [4.78, 5) is 12.1. The number of carboxylic acid groups (broad SMARTS) is 1. The van der Waals surface area contributed by atoms with E-state index in [2.05, 4.69) is 4.74 Å². The maximum atomic E-state index is 13.1. The second kappa shape index (κ2) is 6.70. The molecular formula is C14H11F6NO3S. The Morgan fingerprint density at radius 2 is 1.92 bits per heavy atom. The van der Waals surface area contributed by atoms with E-state index in [1.165, 1.54) is 4.90 Å². The molecule has 1 atom stereocenters. The average Bonchev–Trinajstić information content (AvgIpc) is 2.41. The zero-order valence-corrected chi connectivity index (χ0v) is 13.1. The molecule has 1 unspecified atom stereocenters. The third kappa shape index (κ3) is 4.53. The largest absolute Gasteiger partial charge is 0.483 e. The van der Waals surface area contributed by atoms with Crippen LogP contribution in [0.15, 0.2) is 18.2 Å². The van der Waals surface area contributed by atoms with Crippen LogP contribution >= 0.6 is 12.2 Å². The number of thiocarbonyl (C=S) groups is 1. The first-order valence-electron chi connectivity index (χ1n) is 6.85. The molecule has 1 fully saturated rings. The molecule has 11 heteroatoms. The van der Waals surface area contributed by atoms with Crippen molar-refractivity contribution in [2.75, 3.05) is 13.2 Å². The molecule has 0 radical (unpaired) electrons. The highest BCUT2D eigenvalue weighted by atomic mass is 32.1. The van der Waals surface area contributed by atoms with Gasteiger partial charge in [0.2, 0.25) is 0 Å². The van der Waals surface area contributed by atoms with Crippen molar-refractivity contribution in [3.05, 3.63) is 29.3 Å². The lowest BCUT2D eigenvalue weighted by Crippen LogP contribution is -2.54. The number of nitrogens with zero attached hydrogens (tertiary/aromatic N) is 1. The Morgan fingerprint density at radius 3 is 2.36 bits per heavy atom. The van der Waals surface area contributed by atoms with Crippen molar-refractivity contribution in [1.82, 2.24) is 4.90 Å². The Kier molecular flexibility index (Phi) is 5.17. The van der Waals surface area contributed by atoms with Gasteiger partial charge in [-0.3, -0.25) is 0 Å². The second-order valence-corrected chi connectivity index (χ2v) is 5.64. The van der Waals surface area contributed by atoms with Crippen molar-refractivity contribution in [2.45, 2.75) is 24.8 Å². The van der Waals surface area contributed by atoms with Crippen LogP contribution in [0.25, 0.3) is 0 Å². The molecule has 4 nitrogen and oxygen atoms in total. The van der Waals surface area contributed by atoms with Gasteiger partial charge in [-0.1, -0.05) is 12.2 Å². The highest BCUT2D eigenvalue weighted by Gasteiger charge is 2.39. The van der Waals surface area contributed by atoms with E-state index in [1.54, 1.807) is 0 Å². The lowest BCUT2D eigenvalue weighted by molar-refractivity contribution is -0.158. The molecule has 0 spiro atoms. The van der Waals surface area contributed by atoms with Crippen molar-refractivity contribution in [3.63, 3.8) is 0 Å². The van der Waals surface area contributed by atoms with Gasteiger partial charge < -0.3 is 14.7 Å². The molecule has 1 saturated heterocycles. The summed E-state index contributed by atoms with van der Waals surface area (Å²) in [6, 6.07) is 1.44. The minimum atomic E-state index is -4.96. The quantitative estimate of drug-likeness (QED) is 0.633. The number of carbonyl (C=O) groups is 1. The van der Waals surface area contributed by atoms with Crippen molar-refractivity contribution in [2.24, 2.45) is 0 Å². The monoisotopic (exact) mass is 387 g/mol. The predicted octanol–water partition coefficient (Wildman–Crippen LogP) is 3.48. The van der Waals surface area contributed by atoms with Crippen molar-refractivity contribution >= 4 is 23.2 Å². The van der Waals surface area contributed by atoms with Crippen LogP contribution in [-0.2, 0) is 11.0 Å². The molecule has 0 aliphatic carbocycles. The van der Waals surface area contributed by atoms with Crippen LogP contribution in [0.4, 0.5) is 26.3 Å². The van der Waals surface area contributed by atoms with Crippen molar-refractivity contribution in [3.8, 4) is 5.75 Å². The van der Waals surface area contributed by atoms with E-state index in [0.717, 1.165) is 12.1 Å². The van der Waals surface area contributed by atoms with Crippen LogP contribution in [0.2, 0.25) is 0 Å². The Balaban J connectivity index is 2.29. The normalized spacial score (nSPS) is 17.8. The van der Waals surface area contributed by atoms with E-state index >= 15 is 0 Å². The molecule has 0 aromatic heterocycles. The second-order valence-electron chi connectivity index (χ2n) is 5.25. The van der Waals surface area contributed by atoms with E-state index in [0.29, 0.717) is 12.5 Å². The van der Waals surface area contributed by atoms with Gasteiger partial charge in [-0.25, -0.2) is 4.79 Å². The van der Waals surface area contributed by atoms with Gasteiger partial charge in [0, 0.05) is 12.1 Å². The Morgan fingerprint density at radius 1 is 1.28 bits per heavy atom. The third-order valence-electron chi connectivity index (χ3n) is 3.49. The summed E-state index contributed by atoms with van der Waals surface area (Å²) in [6.07, 6.45) is -9.45. The van der Waals surface area contributed by atoms with E-state index in [1.807, 2.05) is 0 Å². The number of benzene rings is 1. The maximum Gasteiger partial charge on any atom is 0.422 e. The minimum absolute atomic E-state index is 0.118. The molecular weight excluding hydrogens is 376 g/mol. The molecule has 1 aliphatic rings. The summed E-state index contributed by atoms with van der Waals surface area (Å²) in [5, 5.41) is 8.97. The number of likely N-dealkylation sites (tertiary alicyclic amines) is 1. The fraction of sp³-hybridized carbons (Fsp3) is 0.429.